The van der Waals surface area contributed by atoms with Crippen molar-refractivity contribution in [3.05, 3.63) is 72.1 Å². The maximum atomic E-state index is 4.63. The van der Waals surface area contributed by atoms with Crippen LogP contribution in [-0.2, 0) is 13.6 Å². The van der Waals surface area contributed by atoms with Gasteiger partial charge in [-0.15, -0.1) is 0 Å². The van der Waals surface area contributed by atoms with Gasteiger partial charge in [-0.1, -0.05) is 18.2 Å². The zero-order valence-corrected chi connectivity index (χ0v) is 15.6. The summed E-state index contributed by atoms with van der Waals surface area (Å²) in [5.41, 5.74) is 5.40. The fourth-order valence-corrected chi connectivity index (χ4v) is 3.03. The maximum absolute atomic E-state index is 4.63. The molecule has 7 heteroatoms. The number of anilines is 1. The Hall–Kier alpha value is -3.48. The molecule has 0 atom stereocenters. The van der Waals surface area contributed by atoms with E-state index in [1.165, 1.54) is 0 Å². The van der Waals surface area contributed by atoms with Crippen LogP contribution < -0.4 is 5.32 Å². The van der Waals surface area contributed by atoms with Gasteiger partial charge >= 0.3 is 0 Å². The smallest absolute Gasteiger partial charge is 0.174 e. The van der Waals surface area contributed by atoms with Gasteiger partial charge in [-0.05, 0) is 37.1 Å². The summed E-state index contributed by atoms with van der Waals surface area (Å²) < 4.78 is 3.61. The van der Waals surface area contributed by atoms with E-state index in [9.17, 15) is 0 Å². The first kappa shape index (κ1) is 17.0. The summed E-state index contributed by atoms with van der Waals surface area (Å²) in [6.45, 7) is 4.63. The molecule has 0 bridgehead atoms. The predicted molar refractivity (Wildman–Crippen MR) is 105 cm³/mol. The van der Waals surface area contributed by atoms with Crippen LogP contribution in [0.5, 0.6) is 0 Å². The Labute approximate surface area is 157 Å². The Morgan fingerprint density at radius 2 is 1.93 bits per heavy atom. The van der Waals surface area contributed by atoms with Crippen molar-refractivity contribution in [1.82, 2.24) is 29.5 Å². The van der Waals surface area contributed by atoms with Crippen molar-refractivity contribution in [2.45, 2.75) is 20.4 Å². The quantitative estimate of drug-likeness (QED) is 0.592. The molecular formula is C20H21N7. The predicted octanol–water partition coefficient (Wildman–Crippen LogP) is 3.29. The van der Waals surface area contributed by atoms with Gasteiger partial charge in [0.1, 0.15) is 5.82 Å². The number of rotatable bonds is 5. The van der Waals surface area contributed by atoms with Gasteiger partial charge in [-0.25, -0.2) is 9.67 Å². The van der Waals surface area contributed by atoms with E-state index in [1.54, 1.807) is 21.8 Å². The number of nitrogens with zero attached hydrogens (tertiary/aromatic N) is 6. The number of aryl methyl sites for hydroxylation is 3. The number of aromatic nitrogens is 6. The minimum absolute atomic E-state index is 0.656. The maximum Gasteiger partial charge on any atom is 0.174 e. The van der Waals surface area contributed by atoms with E-state index in [0.717, 1.165) is 28.1 Å². The normalized spacial score (nSPS) is 10.9. The minimum Gasteiger partial charge on any atom is -0.365 e. The molecule has 0 unspecified atom stereocenters. The van der Waals surface area contributed by atoms with Crippen molar-refractivity contribution in [2.24, 2.45) is 7.05 Å². The van der Waals surface area contributed by atoms with Crippen molar-refractivity contribution in [2.75, 3.05) is 5.32 Å². The van der Waals surface area contributed by atoms with Crippen LogP contribution in [-0.4, -0.2) is 29.5 Å². The molecule has 0 saturated carbocycles. The van der Waals surface area contributed by atoms with Gasteiger partial charge in [0.2, 0.25) is 0 Å². The van der Waals surface area contributed by atoms with Gasteiger partial charge in [-0.2, -0.15) is 10.2 Å². The second-order valence-electron chi connectivity index (χ2n) is 6.56. The van der Waals surface area contributed by atoms with Crippen molar-refractivity contribution >= 4 is 5.82 Å². The van der Waals surface area contributed by atoms with Crippen molar-refractivity contribution in [1.29, 1.82) is 0 Å². The number of benzene rings is 1. The minimum atomic E-state index is 0.656. The molecule has 4 aromatic rings. The number of nitrogens with one attached hydrogen (secondary N) is 1. The second kappa shape index (κ2) is 7.03. The highest BCUT2D eigenvalue weighted by molar-refractivity contribution is 5.62. The first-order valence-corrected chi connectivity index (χ1v) is 8.76. The van der Waals surface area contributed by atoms with Gasteiger partial charge < -0.3 is 5.32 Å². The lowest BCUT2D eigenvalue weighted by Crippen LogP contribution is -2.07. The van der Waals surface area contributed by atoms with Crippen LogP contribution in [0.2, 0.25) is 0 Å². The van der Waals surface area contributed by atoms with Crippen LogP contribution in [0, 0.1) is 13.8 Å². The van der Waals surface area contributed by atoms with E-state index in [0.29, 0.717) is 18.2 Å². The molecule has 1 N–H and O–H groups in total. The Balaban J connectivity index is 1.51. The summed E-state index contributed by atoms with van der Waals surface area (Å²) >= 11 is 0. The lowest BCUT2D eigenvalue weighted by Gasteiger charge is -2.09. The molecule has 136 valence electrons. The first-order chi connectivity index (χ1) is 13.1. The average Bonchev–Trinajstić information content (AvgIpc) is 3.25. The molecule has 7 nitrogen and oxygen atoms in total. The zero-order chi connectivity index (χ0) is 18.8. The summed E-state index contributed by atoms with van der Waals surface area (Å²) in [7, 11) is 1.92. The SMILES string of the molecule is Cc1cc(C)n(-c2cncc(NCc3cccc(-c4cnn(C)c4)c3)n2)n1. The zero-order valence-electron chi connectivity index (χ0n) is 15.6. The highest BCUT2D eigenvalue weighted by atomic mass is 15.3. The Morgan fingerprint density at radius 1 is 1.04 bits per heavy atom. The van der Waals surface area contributed by atoms with E-state index in [1.807, 2.05) is 39.4 Å². The van der Waals surface area contributed by atoms with Crippen LogP contribution >= 0.6 is 0 Å². The summed E-state index contributed by atoms with van der Waals surface area (Å²) in [5.74, 6) is 1.42. The molecule has 0 spiro atoms. The molecule has 0 radical (unpaired) electrons. The van der Waals surface area contributed by atoms with Crippen LogP contribution in [0.25, 0.3) is 16.9 Å². The lowest BCUT2D eigenvalue weighted by molar-refractivity contribution is 0.768. The third-order valence-electron chi connectivity index (χ3n) is 4.29. The van der Waals surface area contributed by atoms with E-state index in [-0.39, 0.29) is 0 Å². The molecule has 1 aromatic carbocycles. The molecular weight excluding hydrogens is 338 g/mol. The van der Waals surface area contributed by atoms with Crippen molar-refractivity contribution in [3.63, 3.8) is 0 Å². The highest BCUT2D eigenvalue weighted by Gasteiger charge is 2.07. The fourth-order valence-electron chi connectivity index (χ4n) is 3.03. The molecule has 0 aliphatic rings. The largest absolute Gasteiger partial charge is 0.365 e. The van der Waals surface area contributed by atoms with Crippen LogP contribution in [0.1, 0.15) is 17.0 Å². The first-order valence-electron chi connectivity index (χ1n) is 8.76. The standard InChI is InChI=1S/C20H21N7/c1-14-7-15(2)27(25-14)20-12-21-11-19(24-20)22-9-16-5-4-6-17(8-16)18-10-23-26(3)13-18/h4-8,10-13H,9H2,1-3H3,(H,22,24). The summed E-state index contributed by atoms with van der Waals surface area (Å²) in [4.78, 5) is 8.92. The van der Waals surface area contributed by atoms with E-state index in [2.05, 4.69) is 49.7 Å². The van der Waals surface area contributed by atoms with Gasteiger partial charge in [0.15, 0.2) is 5.82 Å². The van der Waals surface area contributed by atoms with E-state index >= 15 is 0 Å². The van der Waals surface area contributed by atoms with Crippen molar-refractivity contribution in [3.8, 4) is 16.9 Å². The fraction of sp³-hybridized carbons (Fsp3) is 0.200. The summed E-state index contributed by atoms with van der Waals surface area (Å²) in [6.07, 6.45) is 7.32. The van der Waals surface area contributed by atoms with Crippen LogP contribution in [0.15, 0.2) is 55.1 Å². The summed E-state index contributed by atoms with van der Waals surface area (Å²) in [6, 6.07) is 10.4. The highest BCUT2D eigenvalue weighted by Crippen LogP contribution is 2.20. The van der Waals surface area contributed by atoms with Crippen molar-refractivity contribution < 1.29 is 0 Å². The molecule has 0 fully saturated rings. The molecule has 4 rings (SSSR count). The lowest BCUT2D eigenvalue weighted by atomic mass is 10.1. The van der Waals surface area contributed by atoms with E-state index in [4.69, 9.17) is 0 Å². The second-order valence-corrected chi connectivity index (χ2v) is 6.56. The average molecular weight is 359 g/mol. The molecule has 27 heavy (non-hydrogen) atoms. The van der Waals surface area contributed by atoms with Gasteiger partial charge in [-0.3, -0.25) is 9.67 Å². The van der Waals surface area contributed by atoms with Gasteiger partial charge in [0.25, 0.3) is 0 Å². The van der Waals surface area contributed by atoms with E-state index < -0.39 is 0 Å². The Morgan fingerprint density at radius 3 is 2.67 bits per heavy atom. The topological polar surface area (TPSA) is 73.5 Å². The monoisotopic (exact) mass is 359 g/mol. The van der Waals surface area contributed by atoms with Gasteiger partial charge in [0.05, 0.1) is 24.3 Å². The molecule has 0 saturated heterocycles. The molecule has 0 aliphatic heterocycles. The number of hydrogen-bond acceptors (Lipinski definition) is 5. The van der Waals surface area contributed by atoms with Crippen LogP contribution in [0.3, 0.4) is 0 Å². The molecule has 3 heterocycles. The van der Waals surface area contributed by atoms with Crippen LogP contribution in [0.4, 0.5) is 5.82 Å². The Kier molecular flexibility index (Phi) is 4.42. The molecule has 0 aliphatic carbocycles. The molecule has 3 aromatic heterocycles. The summed E-state index contributed by atoms with van der Waals surface area (Å²) in [5, 5.41) is 12.0. The molecule has 0 amide bonds. The third kappa shape index (κ3) is 3.72. The Bertz CT molecular complexity index is 1080. The van der Waals surface area contributed by atoms with Gasteiger partial charge in [0, 0.05) is 31.0 Å². The third-order valence-corrected chi connectivity index (χ3v) is 4.29. The number of hydrogen-bond donors (Lipinski definition) is 1.